The molecule has 5 heteroatoms. The van der Waals surface area contributed by atoms with Gasteiger partial charge in [-0.25, -0.2) is 4.98 Å². The highest BCUT2D eigenvalue weighted by atomic mass is 16.4. The Morgan fingerprint density at radius 1 is 1.08 bits per heavy atom. The molecular formula is C20H16N4O. The van der Waals surface area contributed by atoms with Crippen molar-refractivity contribution in [3.05, 3.63) is 77.8 Å². The van der Waals surface area contributed by atoms with Crippen molar-refractivity contribution in [3.8, 4) is 6.07 Å². The minimum Gasteiger partial charge on any atom is -0.424 e. The number of para-hydroxylation sites is 1. The summed E-state index contributed by atoms with van der Waals surface area (Å²) in [5.74, 6) is 0.296. The number of fused-ring (bicyclic) bond motifs is 1. The molecule has 0 saturated carbocycles. The van der Waals surface area contributed by atoms with Crippen LogP contribution in [0.5, 0.6) is 0 Å². The van der Waals surface area contributed by atoms with Crippen LogP contribution in [0.15, 0.2) is 65.1 Å². The first-order valence-electron chi connectivity index (χ1n) is 8.06. The Balaban J connectivity index is 1.94. The maximum absolute atomic E-state index is 9.81. The van der Waals surface area contributed by atoms with Gasteiger partial charge in [-0.05, 0) is 17.7 Å². The summed E-state index contributed by atoms with van der Waals surface area (Å²) in [5, 5.41) is 18.5. The molecule has 1 aliphatic rings. The van der Waals surface area contributed by atoms with Gasteiger partial charge in [0.15, 0.2) is 5.89 Å². The fourth-order valence-corrected chi connectivity index (χ4v) is 3.34. The topological polar surface area (TPSA) is 76.9 Å². The lowest BCUT2D eigenvalue weighted by molar-refractivity contribution is 0.523. The molecule has 122 valence electrons. The maximum atomic E-state index is 9.81. The van der Waals surface area contributed by atoms with E-state index in [1.54, 1.807) is 11.8 Å². The van der Waals surface area contributed by atoms with Gasteiger partial charge in [-0.15, -0.1) is 0 Å². The number of aromatic nitrogens is 1. The Kier molecular flexibility index (Phi) is 3.58. The Hall–Kier alpha value is -3.39. The van der Waals surface area contributed by atoms with Crippen molar-refractivity contribution in [2.45, 2.75) is 12.8 Å². The van der Waals surface area contributed by atoms with E-state index in [4.69, 9.17) is 9.83 Å². The zero-order valence-electron chi connectivity index (χ0n) is 13.7. The lowest BCUT2D eigenvalue weighted by Crippen LogP contribution is -2.39. The van der Waals surface area contributed by atoms with Gasteiger partial charge in [0.2, 0.25) is 5.88 Å². The molecule has 1 aromatic heterocycles. The molecule has 2 heterocycles. The van der Waals surface area contributed by atoms with Gasteiger partial charge in [0.05, 0.1) is 17.7 Å². The molecule has 25 heavy (non-hydrogen) atoms. The molecule has 2 unspecified atom stereocenters. The summed E-state index contributed by atoms with van der Waals surface area (Å²) in [7, 11) is 0. The highest BCUT2D eigenvalue weighted by Gasteiger charge is 2.43. The van der Waals surface area contributed by atoms with E-state index in [1.165, 1.54) is 0 Å². The summed E-state index contributed by atoms with van der Waals surface area (Å²) in [6.07, 6.45) is 0. The third kappa shape index (κ3) is 2.39. The average Bonchev–Trinajstić information content (AvgIpc) is 3.02. The molecular weight excluding hydrogens is 312 g/mol. The Bertz CT molecular complexity index is 956. The van der Waals surface area contributed by atoms with Gasteiger partial charge in [-0.3, -0.25) is 10.3 Å². The Morgan fingerprint density at radius 2 is 1.72 bits per heavy atom. The highest BCUT2D eigenvalue weighted by Crippen LogP contribution is 2.45. The van der Waals surface area contributed by atoms with Crippen LogP contribution >= 0.6 is 0 Å². The van der Waals surface area contributed by atoms with E-state index < -0.39 is 5.92 Å². The van der Waals surface area contributed by atoms with Crippen LogP contribution in [0.1, 0.15) is 23.1 Å². The summed E-state index contributed by atoms with van der Waals surface area (Å²) in [5.41, 5.74) is 2.45. The van der Waals surface area contributed by atoms with Gasteiger partial charge >= 0.3 is 0 Å². The van der Waals surface area contributed by atoms with Crippen LogP contribution in [-0.2, 0) is 0 Å². The molecule has 0 spiro atoms. The highest BCUT2D eigenvalue weighted by molar-refractivity contribution is 6.06. The summed E-state index contributed by atoms with van der Waals surface area (Å²) < 4.78 is 5.85. The summed E-state index contributed by atoms with van der Waals surface area (Å²) in [6, 6.07) is 21.5. The third-order valence-corrected chi connectivity index (χ3v) is 4.42. The fraction of sp³-hybridized carbons (Fsp3) is 0.150. The van der Waals surface area contributed by atoms with Crippen LogP contribution in [0.2, 0.25) is 0 Å². The second kappa shape index (κ2) is 5.91. The summed E-state index contributed by atoms with van der Waals surface area (Å²) in [4.78, 5) is 6.24. The molecule has 3 aromatic rings. The molecule has 0 amide bonds. The molecule has 1 aliphatic heterocycles. The molecule has 0 saturated heterocycles. The number of nitrogens with zero attached hydrogens (tertiary/aromatic N) is 3. The molecule has 5 nitrogen and oxygen atoms in total. The van der Waals surface area contributed by atoms with Crippen molar-refractivity contribution in [2.24, 2.45) is 5.92 Å². The Labute approximate surface area is 145 Å². The van der Waals surface area contributed by atoms with Crippen LogP contribution in [0.4, 0.5) is 11.6 Å². The maximum Gasteiger partial charge on any atom is 0.230 e. The van der Waals surface area contributed by atoms with E-state index in [1.807, 2.05) is 60.7 Å². The van der Waals surface area contributed by atoms with Crippen LogP contribution in [0, 0.1) is 29.6 Å². The van der Waals surface area contributed by atoms with Gasteiger partial charge in [0.25, 0.3) is 0 Å². The van der Waals surface area contributed by atoms with Gasteiger partial charge in [0.1, 0.15) is 17.4 Å². The van der Waals surface area contributed by atoms with E-state index in [0.717, 1.165) is 11.3 Å². The second-order valence-corrected chi connectivity index (χ2v) is 5.97. The van der Waals surface area contributed by atoms with Crippen molar-refractivity contribution >= 4 is 17.4 Å². The first-order valence-corrected chi connectivity index (χ1v) is 8.06. The number of hydrogen-bond donors (Lipinski definition) is 1. The molecule has 1 N–H and O–H groups in total. The van der Waals surface area contributed by atoms with E-state index in [-0.39, 0.29) is 11.8 Å². The largest absolute Gasteiger partial charge is 0.424 e. The quantitative estimate of drug-likeness (QED) is 0.757. The SMILES string of the molecule is Cc1nc2c(o1)N(c1ccccc1)C(=N)C(C#N)C2c1ccccc1. The van der Waals surface area contributed by atoms with Gasteiger partial charge < -0.3 is 4.42 Å². The van der Waals surface area contributed by atoms with Crippen molar-refractivity contribution in [2.75, 3.05) is 4.90 Å². The number of oxazole rings is 1. The van der Waals surface area contributed by atoms with E-state index in [9.17, 15) is 5.26 Å². The van der Waals surface area contributed by atoms with E-state index in [0.29, 0.717) is 17.5 Å². The monoisotopic (exact) mass is 328 g/mol. The minimum absolute atomic E-state index is 0.200. The molecule has 2 atom stereocenters. The predicted octanol–water partition coefficient (Wildman–Crippen LogP) is 4.38. The smallest absolute Gasteiger partial charge is 0.230 e. The van der Waals surface area contributed by atoms with Crippen LogP contribution in [-0.4, -0.2) is 10.8 Å². The number of anilines is 2. The summed E-state index contributed by atoms with van der Waals surface area (Å²) >= 11 is 0. The summed E-state index contributed by atoms with van der Waals surface area (Å²) in [6.45, 7) is 1.79. The normalized spacial score (nSPS) is 19.4. The first-order chi connectivity index (χ1) is 12.2. The van der Waals surface area contributed by atoms with Gasteiger partial charge in [-0.2, -0.15) is 5.26 Å². The molecule has 4 rings (SSSR count). The lowest BCUT2D eigenvalue weighted by Gasteiger charge is -2.34. The third-order valence-electron chi connectivity index (χ3n) is 4.42. The van der Waals surface area contributed by atoms with Crippen LogP contribution in [0.3, 0.4) is 0 Å². The van der Waals surface area contributed by atoms with Gasteiger partial charge in [0, 0.05) is 6.92 Å². The number of benzene rings is 2. The number of nitrogens with one attached hydrogen (secondary N) is 1. The number of hydrogen-bond acceptors (Lipinski definition) is 4. The molecule has 0 radical (unpaired) electrons. The first kappa shape index (κ1) is 15.2. The molecule has 0 fully saturated rings. The van der Waals surface area contributed by atoms with Crippen molar-refractivity contribution in [1.29, 1.82) is 10.7 Å². The van der Waals surface area contributed by atoms with E-state index >= 15 is 0 Å². The fourth-order valence-electron chi connectivity index (χ4n) is 3.34. The zero-order valence-corrected chi connectivity index (χ0v) is 13.7. The second-order valence-electron chi connectivity index (χ2n) is 5.97. The number of nitriles is 1. The van der Waals surface area contributed by atoms with Crippen molar-refractivity contribution < 1.29 is 4.42 Å². The van der Waals surface area contributed by atoms with Crippen molar-refractivity contribution in [1.82, 2.24) is 4.98 Å². The standard InChI is InChI=1S/C20H16N4O/c1-13-23-18-17(14-8-4-2-5-9-14)16(12-21)19(22)24(20(18)25-13)15-10-6-3-7-11-15/h2-11,16-17,22H,1H3. The van der Waals surface area contributed by atoms with E-state index in [2.05, 4.69) is 11.1 Å². The molecule has 0 bridgehead atoms. The average molecular weight is 328 g/mol. The number of amidine groups is 1. The van der Waals surface area contributed by atoms with Crippen LogP contribution in [0.25, 0.3) is 0 Å². The zero-order chi connectivity index (χ0) is 17.4. The van der Waals surface area contributed by atoms with Gasteiger partial charge in [-0.1, -0.05) is 48.5 Å². The predicted molar refractivity (Wildman–Crippen MR) is 94.9 cm³/mol. The molecule has 2 aromatic carbocycles. The van der Waals surface area contributed by atoms with Crippen LogP contribution < -0.4 is 4.90 Å². The number of rotatable bonds is 2. The minimum atomic E-state index is -0.639. The number of aryl methyl sites for hydroxylation is 1. The Morgan fingerprint density at radius 3 is 2.36 bits per heavy atom. The lowest BCUT2D eigenvalue weighted by atomic mass is 9.80. The van der Waals surface area contributed by atoms with Crippen molar-refractivity contribution in [3.63, 3.8) is 0 Å². The molecule has 0 aliphatic carbocycles.